The van der Waals surface area contributed by atoms with Gasteiger partial charge in [0.2, 0.25) is 0 Å². The lowest BCUT2D eigenvalue weighted by Gasteiger charge is -2.56. The SMILES string of the molecule is C=C(C)C(=O)OCCC[Si](C)(C(C)O[Si](C)(C)C(C)(CC)C(C)O[Si](C)(CCC(F)(F)F)C(C)(CC)CCCC)C(C)(CC)O[Si](C)(C)C(C)C(C)(CC)O[SiH](C)C. The molecule has 58 heavy (non-hydrogen) atoms. The minimum Gasteiger partial charge on any atom is -0.462 e. The quantitative estimate of drug-likeness (QED) is 0.0322. The van der Waals surface area contributed by atoms with E-state index in [1.54, 1.807) is 6.92 Å². The first-order valence-electron chi connectivity index (χ1n) is 22.8. The summed E-state index contributed by atoms with van der Waals surface area (Å²) in [6, 6.07) is 0.885. The van der Waals surface area contributed by atoms with E-state index in [-0.39, 0.29) is 40.0 Å². The molecule has 0 heterocycles. The van der Waals surface area contributed by atoms with Gasteiger partial charge in [-0.05, 0) is 130 Å². The van der Waals surface area contributed by atoms with Gasteiger partial charge in [-0.25, -0.2) is 4.79 Å². The van der Waals surface area contributed by atoms with Crippen LogP contribution in [0.2, 0.25) is 80.1 Å². The van der Waals surface area contributed by atoms with Crippen LogP contribution in [0, 0.1) is 0 Å². The third-order valence-electron chi connectivity index (χ3n) is 15.8. The van der Waals surface area contributed by atoms with Gasteiger partial charge in [-0.2, -0.15) is 13.2 Å². The highest BCUT2D eigenvalue weighted by Crippen LogP contribution is 2.55. The molecule has 0 aromatic heterocycles. The van der Waals surface area contributed by atoms with E-state index >= 15 is 0 Å². The lowest BCUT2D eigenvalue weighted by Crippen LogP contribution is -2.69. The van der Waals surface area contributed by atoms with Crippen LogP contribution in [-0.2, 0) is 27.2 Å². The second-order valence-electron chi connectivity index (χ2n) is 20.4. The number of hydrogen-bond acceptors (Lipinski definition) is 6. The second kappa shape index (κ2) is 22.5. The van der Waals surface area contributed by atoms with Gasteiger partial charge < -0.3 is 22.4 Å². The van der Waals surface area contributed by atoms with Crippen LogP contribution < -0.4 is 0 Å². The highest BCUT2D eigenvalue weighted by molar-refractivity contribution is 6.85. The lowest BCUT2D eigenvalue weighted by atomic mass is 10.00. The molecule has 0 saturated carbocycles. The summed E-state index contributed by atoms with van der Waals surface area (Å²) in [5.41, 5.74) is 0.199. The number of carbonyl (C=O) groups excluding carboxylic acids is 1. The Bertz CT molecular complexity index is 1290. The Labute approximate surface area is 362 Å². The van der Waals surface area contributed by atoms with Gasteiger partial charge in [-0.3, -0.25) is 0 Å². The van der Waals surface area contributed by atoms with Crippen LogP contribution >= 0.6 is 0 Å². The molecule has 0 aromatic carbocycles. The van der Waals surface area contributed by atoms with Crippen LogP contribution in [0.5, 0.6) is 0 Å². The summed E-state index contributed by atoms with van der Waals surface area (Å²) in [5.74, 6) is -0.377. The molecule has 0 aliphatic rings. The molecule has 0 radical (unpaired) electrons. The first kappa shape index (κ1) is 57.9. The van der Waals surface area contributed by atoms with Crippen LogP contribution in [-0.4, -0.2) is 83.5 Å². The Morgan fingerprint density at radius 1 is 0.776 bits per heavy atom. The molecule has 0 rings (SSSR count). The van der Waals surface area contributed by atoms with Crippen molar-refractivity contribution >= 4 is 48.0 Å². The zero-order valence-electron chi connectivity index (χ0n) is 41.6. The Balaban J connectivity index is 7.26. The van der Waals surface area contributed by atoms with Crippen LogP contribution in [0.3, 0.4) is 0 Å². The maximum Gasteiger partial charge on any atom is 0.388 e. The summed E-state index contributed by atoms with van der Waals surface area (Å²) in [7, 11) is -12.0. The average molecular weight is 916 g/mol. The van der Waals surface area contributed by atoms with Crippen LogP contribution in [0.1, 0.15) is 148 Å². The van der Waals surface area contributed by atoms with Gasteiger partial charge in [0.15, 0.2) is 34.0 Å². The molecule has 0 aliphatic carbocycles. The van der Waals surface area contributed by atoms with E-state index in [1.807, 2.05) is 0 Å². The molecule has 0 aromatic rings. The van der Waals surface area contributed by atoms with E-state index < -0.39 is 64.9 Å². The first-order valence-corrected chi connectivity index (χ1v) is 36.8. The summed E-state index contributed by atoms with van der Waals surface area (Å²) in [6.07, 6.45) is 1.47. The van der Waals surface area contributed by atoms with Gasteiger partial charge in [-0.1, -0.05) is 87.8 Å². The lowest BCUT2D eigenvalue weighted by molar-refractivity contribution is -0.139. The molecule has 0 fully saturated rings. The summed E-state index contributed by atoms with van der Waals surface area (Å²) >= 11 is 0. The fourth-order valence-corrected chi connectivity index (χ4v) is 28.7. The summed E-state index contributed by atoms with van der Waals surface area (Å²) in [6.45, 7) is 50.5. The zero-order valence-corrected chi connectivity index (χ0v) is 46.7. The predicted molar refractivity (Wildman–Crippen MR) is 255 cm³/mol. The highest BCUT2D eigenvalue weighted by Gasteiger charge is 2.59. The maximum absolute atomic E-state index is 13.9. The van der Waals surface area contributed by atoms with Gasteiger partial charge >= 0.3 is 12.1 Å². The van der Waals surface area contributed by atoms with Crippen molar-refractivity contribution < 1.29 is 40.4 Å². The molecule has 0 spiro atoms. The zero-order chi connectivity index (χ0) is 46.0. The smallest absolute Gasteiger partial charge is 0.388 e. The number of carbonyl (C=O) groups is 1. The second-order valence-corrected chi connectivity index (χ2v) is 41.1. The van der Waals surface area contributed by atoms with Crippen molar-refractivity contribution in [3.05, 3.63) is 12.2 Å². The molecule has 0 amide bonds. The molecule has 6 nitrogen and oxygen atoms in total. The monoisotopic (exact) mass is 915 g/mol. The van der Waals surface area contributed by atoms with Crippen molar-refractivity contribution in [3.63, 3.8) is 0 Å². The van der Waals surface area contributed by atoms with E-state index in [9.17, 15) is 18.0 Å². The fourth-order valence-electron chi connectivity index (χ4n) is 9.35. The number of unbranched alkanes of at least 4 members (excludes halogenated alkanes) is 1. The molecule has 0 N–H and O–H groups in total. The number of ether oxygens (including phenoxy) is 1. The molecule has 0 bridgehead atoms. The molecule has 9 unspecified atom stereocenters. The predicted octanol–water partition coefficient (Wildman–Crippen LogP) is 14.7. The largest absolute Gasteiger partial charge is 0.462 e. The average Bonchev–Trinajstić information content (AvgIpc) is 3.12. The van der Waals surface area contributed by atoms with Gasteiger partial charge in [0, 0.05) is 39.6 Å². The van der Waals surface area contributed by atoms with Crippen molar-refractivity contribution in [1.82, 2.24) is 0 Å². The highest BCUT2D eigenvalue weighted by atomic mass is 28.4. The molecule has 0 saturated heterocycles. The topological polar surface area (TPSA) is 63.2 Å². The number of rotatable bonds is 29. The number of hydrogen-bond donors (Lipinski definition) is 0. The van der Waals surface area contributed by atoms with Crippen molar-refractivity contribution in [2.45, 2.75) is 257 Å². The summed E-state index contributed by atoms with van der Waals surface area (Å²) in [5, 5.41) is -1.16. The van der Waals surface area contributed by atoms with Crippen molar-refractivity contribution in [2.75, 3.05) is 6.61 Å². The number of alkyl halides is 3. The maximum atomic E-state index is 13.9. The van der Waals surface area contributed by atoms with E-state index in [2.05, 4.69) is 142 Å². The van der Waals surface area contributed by atoms with Gasteiger partial charge in [0.1, 0.15) is 8.07 Å². The van der Waals surface area contributed by atoms with Crippen molar-refractivity contribution in [3.8, 4) is 0 Å². The Morgan fingerprint density at radius 3 is 1.74 bits per heavy atom. The summed E-state index contributed by atoms with van der Waals surface area (Å²) in [4.78, 5) is 12.4. The van der Waals surface area contributed by atoms with E-state index in [1.165, 1.54) is 0 Å². The van der Waals surface area contributed by atoms with Crippen LogP contribution in [0.25, 0.3) is 0 Å². The van der Waals surface area contributed by atoms with Crippen molar-refractivity contribution in [2.24, 2.45) is 0 Å². The molecule has 0 aliphatic heterocycles. The first-order chi connectivity index (χ1) is 26.1. The molecule has 9 atom stereocenters. The van der Waals surface area contributed by atoms with Gasteiger partial charge in [0.05, 0.1) is 12.2 Å². The van der Waals surface area contributed by atoms with Gasteiger partial charge in [0.25, 0.3) is 0 Å². The molecular weight excluding hydrogens is 822 g/mol. The standard InChI is InChI=1S/C44H93F3O6Si5/c1-23-28-30-40(11,24-2)58(22,34-31-44(45,46)47)50-36(8)42(13,26-4)56(19,20)51-38(10)57(21,33-29-32-49-39(48)35(6)7)43(14,27-5)53-55(17,18)37(9)41(12,25-3)52-54(15)16/h36-38,54H,6,23-34H2,1-5,7-22H3. The normalized spacial score (nSPS) is 21.1. The van der Waals surface area contributed by atoms with Crippen LogP contribution in [0.15, 0.2) is 12.2 Å². The molecule has 14 heteroatoms. The van der Waals surface area contributed by atoms with Crippen molar-refractivity contribution in [1.29, 1.82) is 0 Å². The third kappa shape index (κ3) is 14.5. The Morgan fingerprint density at radius 2 is 1.33 bits per heavy atom. The third-order valence-corrected chi connectivity index (χ3v) is 36.8. The van der Waals surface area contributed by atoms with Crippen LogP contribution in [0.4, 0.5) is 13.2 Å². The Kier molecular flexibility index (Phi) is 22.5. The molecule has 346 valence electrons. The fraction of sp³-hybridized carbons (Fsp3) is 0.932. The van der Waals surface area contributed by atoms with E-state index in [4.69, 9.17) is 22.4 Å². The minimum atomic E-state index is -4.24. The minimum absolute atomic E-state index is 0.0562. The summed E-state index contributed by atoms with van der Waals surface area (Å²) < 4.78 is 76.7. The molecular formula is C44H93F3O6Si5. The van der Waals surface area contributed by atoms with E-state index in [0.29, 0.717) is 18.6 Å². The Hall–Kier alpha value is -0.0756. The van der Waals surface area contributed by atoms with E-state index in [0.717, 1.165) is 51.0 Å². The van der Waals surface area contributed by atoms with Gasteiger partial charge in [-0.15, -0.1) is 0 Å². The number of halogens is 3. The number of esters is 1.